The highest BCUT2D eigenvalue weighted by Gasteiger charge is 2.13. The SMILES string of the molecule is Cc1cc(=O)oc2cc(NCCCNS(=O)(=O)C(C)C)ccc12. The van der Waals surface area contributed by atoms with Crippen molar-refractivity contribution in [3.63, 3.8) is 0 Å². The minimum absolute atomic E-state index is 0.366. The van der Waals surface area contributed by atoms with Crippen LogP contribution in [0.1, 0.15) is 25.8 Å². The molecule has 0 spiro atoms. The summed E-state index contributed by atoms with van der Waals surface area (Å²) in [6.07, 6.45) is 0.655. The van der Waals surface area contributed by atoms with E-state index in [0.29, 0.717) is 25.1 Å². The van der Waals surface area contributed by atoms with Gasteiger partial charge in [-0.25, -0.2) is 17.9 Å². The summed E-state index contributed by atoms with van der Waals surface area (Å²) in [6.45, 7) is 6.15. The minimum atomic E-state index is -3.21. The number of fused-ring (bicyclic) bond motifs is 1. The van der Waals surface area contributed by atoms with Crippen LogP contribution in [-0.2, 0) is 10.0 Å². The van der Waals surface area contributed by atoms with Gasteiger partial charge in [-0.3, -0.25) is 0 Å². The van der Waals surface area contributed by atoms with Gasteiger partial charge in [-0.15, -0.1) is 0 Å². The van der Waals surface area contributed by atoms with Crippen LogP contribution >= 0.6 is 0 Å². The first-order valence-electron chi connectivity index (χ1n) is 7.56. The van der Waals surface area contributed by atoms with Crippen molar-refractivity contribution in [2.24, 2.45) is 0 Å². The van der Waals surface area contributed by atoms with E-state index in [-0.39, 0.29) is 5.63 Å². The maximum Gasteiger partial charge on any atom is 0.336 e. The molecule has 0 atom stereocenters. The van der Waals surface area contributed by atoms with E-state index in [1.54, 1.807) is 19.9 Å². The second-order valence-electron chi connectivity index (χ2n) is 5.73. The topological polar surface area (TPSA) is 88.4 Å². The molecular formula is C16H22N2O4S. The van der Waals surface area contributed by atoms with Crippen molar-refractivity contribution in [1.82, 2.24) is 4.72 Å². The van der Waals surface area contributed by atoms with Gasteiger partial charge in [-0.2, -0.15) is 0 Å². The smallest absolute Gasteiger partial charge is 0.336 e. The van der Waals surface area contributed by atoms with Gasteiger partial charge in [-0.1, -0.05) is 0 Å². The van der Waals surface area contributed by atoms with Gasteiger partial charge in [0, 0.05) is 36.3 Å². The Bertz CT molecular complexity index is 841. The lowest BCUT2D eigenvalue weighted by atomic mass is 10.1. The van der Waals surface area contributed by atoms with Crippen LogP contribution in [0.15, 0.2) is 33.5 Å². The van der Waals surface area contributed by atoms with E-state index < -0.39 is 15.3 Å². The minimum Gasteiger partial charge on any atom is -0.423 e. The predicted octanol–water partition coefficient (Wildman–Crippen LogP) is 2.23. The number of rotatable bonds is 7. The molecule has 2 rings (SSSR count). The first kappa shape index (κ1) is 17.5. The normalized spacial score (nSPS) is 12.0. The predicted molar refractivity (Wildman–Crippen MR) is 92.4 cm³/mol. The average molecular weight is 338 g/mol. The van der Waals surface area contributed by atoms with Crippen molar-refractivity contribution in [2.75, 3.05) is 18.4 Å². The largest absolute Gasteiger partial charge is 0.423 e. The van der Waals surface area contributed by atoms with Crippen molar-refractivity contribution in [1.29, 1.82) is 0 Å². The quantitative estimate of drug-likeness (QED) is 0.597. The molecule has 1 aromatic heterocycles. The van der Waals surface area contributed by atoms with Gasteiger partial charge in [-0.05, 0) is 44.9 Å². The fourth-order valence-electron chi connectivity index (χ4n) is 2.14. The lowest BCUT2D eigenvalue weighted by Gasteiger charge is -2.10. The second kappa shape index (κ2) is 7.14. The van der Waals surface area contributed by atoms with Gasteiger partial charge in [0.05, 0.1) is 5.25 Å². The highest BCUT2D eigenvalue weighted by Crippen LogP contribution is 2.20. The Morgan fingerprint density at radius 3 is 2.61 bits per heavy atom. The fourth-order valence-corrected chi connectivity index (χ4v) is 2.90. The van der Waals surface area contributed by atoms with Gasteiger partial charge < -0.3 is 9.73 Å². The van der Waals surface area contributed by atoms with Crippen molar-refractivity contribution in [3.8, 4) is 0 Å². The lowest BCUT2D eigenvalue weighted by Crippen LogP contribution is -2.32. The molecule has 7 heteroatoms. The summed E-state index contributed by atoms with van der Waals surface area (Å²) in [6, 6.07) is 7.06. The molecule has 0 aliphatic carbocycles. The Morgan fingerprint density at radius 1 is 1.17 bits per heavy atom. The summed E-state index contributed by atoms with van der Waals surface area (Å²) >= 11 is 0. The Balaban J connectivity index is 1.92. The third-order valence-electron chi connectivity index (χ3n) is 3.56. The molecular weight excluding hydrogens is 316 g/mol. The molecule has 2 aromatic rings. The van der Waals surface area contributed by atoms with E-state index in [2.05, 4.69) is 10.0 Å². The Kier molecular flexibility index (Phi) is 5.43. The van der Waals surface area contributed by atoms with Gasteiger partial charge in [0.2, 0.25) is 10.0 Å². The van der Waals surface area contributed by atoms with Crippen LogP contribution in [0.4, 0.5) is 5.69 Å². The third-order valence-corrected chi connectivity index (χ3v) is 5.41. The van der Waals surface area contributed by atoms with E-state index in [1.165, 1.54) is 6.07 Å². The lowest BCUT2D eigenvalue weighted by molar-refractivity contribution is 0.560. The number of hydrogen-bond acceptors (Lipinski definition) is 5. The van der Waals surface area contributed by atoms with Gasteiger partial charge in [0.15, 0.2) is 0 Å². The van der Waals surface area contributed by atoms with Crippen LogP contribution in [0, 0.1) is 6.92 Å². The molecule has 0 fully saturated rings. The zero-order valence-electron chi connectivity index (χ0n) is 13.5. The molecule has 0 bridgehead atoms. The van der Waals surface area contributed by atoms with E-state index in [1.807, 2.05) is 19.1 Å². The molecule has 0 amide bonds. The van der Waals surface area contributed by atoms with E-state index in [9.17, 15) is 13.2 Å². The van der Waals surface area contributed by atoms with E-state index in [0.717, 1.165) is 16.6 Å². The van der Waals surface area contributed by atoms with Crippen molar-refractivity contribution < 1.29 is 12.8 Å². The molecule has 6 nitrogen and oxygen atoms in total. The second-order valence-corrected chi connectivity index (χ2v) is 8.05. The number of benzene rings is 1. The summed E-state index contributed by atoms with van der Waals surface area (Å²) in [7, 11) is -3.21. The highest BCUT2D eigenvalue weighted by atomic mass is 32.2. The van der Waals surface area contributed by atoms with E-state index in [4.69, 9.17) is 4.42 Å². The first-order valence-corrected chi connectivity index (χ1v) is 9.11. The summed E-state index contributed by atoms with van der Waals surface area (Å²) in [4.78, 5) is 11.4. The van der Waals surface area contributed by atoms with Gasteiger partial charge in [0.25, 0.3) is 0 Å². The molecule has 126 valence electrons. The summed E-state index contributed by atoms with van der Waals surface area (Å²) in [5.41, 5.74) is 1.89. The molecule has 1 aromatic carbocycles. The van der Waals surface area contributed by atoms with Crippen LogP contribution < -0.4 is 15.7 Å². The fraction of sp³-hybridized carbons (Fsp3) is 0.438. The van der Waals surface area contributed by atoms with Crippen molar-refractivity contribution >= 4 is 26.7 Å². The molecule has 0 saturated heterocycles. The maximum atomic E-state index is 11.6. The first-order chi connectivity index (χ1) is 10.8. The highest BCUT2D eigenvalue weighted by molar-refractivity contribution is 7.90. The molecule has 0 unspecified atom stereocenters. The summed E-state index contributed by atoms with van der Waals surface area (Å²) in [5.74, 6) is 0. The maximum absolute atomic E-state index is 11.6. The summed E-state index contributed by atoms with van der Waals surface area (Å²) in [5, 5.41) is 3.67. The van der Waals surface area contributed by atoms with Crippen molar-refractivity contribution in [2.45, 2.75) is 32.4 Å². The van der Waals surface area contributed by atoms with Gasteiger partial charge >= 0.3 is 5.63 Å². The Labute approximate surface area is 135 Å². The monoisotopic (exact) mass is 338 g/mol. The number of aryl methyl sites for hydroxylation is 1. The van der Waals surface area contributed by atoms with E-state index >= 15 is 0 Å². The van der Waals surface area contributed by atoms with Crippen LogP contribution in [0.2, 0.25) is 0 Å². The Hall–Kier alpha value is -1.86. The van der Waals surface area contributed by atoms with Crippen molar-refractivity contribution in [3.05, 3.63) is 40.2 Å². The van der Waals surface area contributed by atoms with Crippen LogP contribution in [-0.4, -0.2) is 26.8 Å². The van der Waals surface area contributed by atoms with Crippen LogP contribution in [0.5, 0.6) is 0 Å². The Morgan fingerprint density at radius 2 is 1.91 bits per heavy atom. The summed E-state index contributed by atoms with van der Waals surface area (Å²) < 4.78 is 31.0. The standard InChI is InChI=1S/C16H22N2O4S/c1-11(2)23(20,21)18-8-4-7-17-13-5-6-14-12(3)9-16(19)22-15(14)10-13/h5-6,9-11,17-18H,4,7-8H2,1-3H3. The molecule has 23 heavy (non-hydrogen) atoms. The molecule has 0 saturated carbocycles. The molecule has 2 N–H and O–H groups in total. The molecule has 0 radical (unpaired) electrons. The van der Waals surface area contributed by atoms with Crippen LogP contribution in [0.3, 0.4) is 0 Å². The van der Waals surface area contributed by atoms with Gasteiger partial charge in [0.1, 0.15) is 5.58 Å². The molecule has 1 heterocycles. The zero-order valence-corrected chi connectivity index (χ0v) is 14.4. The number of hydrogen-bond donors (Lipinski definition) is 2. The average Bonchev–Trinajstić information content (AvgIpc) is 2.46. The third kappa shape index (κ3) is 4.56. The number of anilines is 1. The van der Waals surface area contributed by atoms with Crippen LogP contribution in [0.25, 0.3) is 11.0 Å². The number of nitrogens with one attached hydrogen (secondary N) is 2. The number of sulfonamides is 1. The molecule has 0 aliphatic rings. The zero-order chi connectivity index (χ0) is 17.0. The molecule has 0 aliphatic heterocycles.